The van der Waals surface area contributed by atoms with Crippen molar-refractivity contribution < 1.29 is 14.0 Å². The van der Waals surface area contributed by atoms with Gasteiger partial charge in [0.25, 0.3) is 0 Å². The maximum atomic E-state index is 15.8. The number of carbonyl (C=O) groups is 2. The van der Waals surface area contributed by atoms with Gasteiger partial charge in [0.1, 0.15) is 11.2 Å². The summed E-state index contributed by atoms with van der Waals surface area (Å²) in [6.45, 7) is 0. The molecule has 5 nitrogen and oxygen atoms in total. The van der Waals surface area contributed by atoms with E-state index in [-0.39, 0.29) is 28.4 Å². The van der Waals surface area contributed by atoms with Gasteiger partial charge in [0, 0.05) is 33.5 Å². The molecule has 6 rings (SSSR count). The number of fused-ring (bicyclic) bond motifs is 3. The second-order valence-corrected chi connectivity index (χ2v) is 12.9. The van der Waals surface area contributed by atoms with Gasteiger partial charge in [-0.05, 0) is 61.3 Å². The standard InChI is InChI=1S/C28H30Cl2FN3O2S/c1-37-17-13-16(14-17)32-25(35)24-22(18-6-5-7-20(30)23(18)31)28(27(34-24)10-3-2-4-11-27)19-9-8-15(29)12-21(19)33-26(28)36/h5-9,12,16-17,22,24,34H,2-4,10-11,13-14H2,1H3,(H,32,35)(H,33,36)/t16?,17?,22-,24+,28+/m0/s1. The second kappa shape index (κ2) is 9.44. The van der Waals surface area contributed by atoms with E-state index < -0.39 is 28.7 Å². The zero-order valence-electron chi connectivity index (χ0n) is 20.6. The number of hydrogen-bond acceptors (Lipinski definition) is 4. The summed E-state index contributed by atoms with van der Waals surface area (Å²) in [6, 6.07) is 9.54. The topological polar surface area (TPSA) is 70.2 Å². The fraction of sp³-hybridized carbons (Fsp3) is 0.500. The Morgan fingerprint density at radius 1 is 1.14 bits per heavy atom. The lowest BCUT2D eigenvalue weighted by atomic mass is 9.55. The third-order valence-corrected chi connectivity index (χ3v) is 10.7. The van der Waals surface area contributed by atoms with Gasteiger partial charge in [-0.1, -0.05) is 60.7 Å². The third kappa shape index (κ3) is 3.75. The molecule has 196 valence electrons. The van der Waals surface area contributed by atoms with Crippen molar-refractivity contribution in [3.63, 3.8) is 0 Å². The van der Waals surface area contributed by atoms with Gasteiger partial charge in [-0.3, -0.25) is 14.9 Å². The van der Waals surface area contributed by atoms with Crippen molar-refractivity contribution >= 4 is 52.5 Å². The van der Waals surface area contributed by atoms with E-state index in [9.17, 15) is 9.59 Å². The highest BCUT2D eigenvalue weighted by atomic mass is 35.5. The van der Waals surface area contributed by atoms with Crippen molar-refractivity contribution in [2.45, 2.75) is 79.2 Å². The molecular formula is C28H30Cl2FN3O2S. The highest BCUT2D eigenvalue weighted by Crippen LogP contribution is 2.62. The predicted molar refractivity (Wildman–Crippen MR) is 147 cm³/mol. The lowest BCUT2D eigenvalue weighted by Gasteiger charge is -2.47. The quantitative estimate of drug-likeness (QED) is 0.441. The largest absolute Gasteiger partial charge is 0.352 e. The Hall–Kier alpha value is -1.80. The van der Waals surface area contributed by atoms with Crippen molar-refractivity contribution in [2.75, 3.05) is 11.6 Å². The van der Waals surface area contributed by atoms with Crippen LogP contribution in [0.5, 0.6) is 0 Å². The van der Waals surface area contributed by atoms with Crippen molar-refractivity contribution in [3.05, 3.63) is 63.4 Å². The van der Waals surface area contributed by atoms with Crippen molar-refractivity contribution in [3.8, 4) is 0 Å². The van der Waals surface area contributed by atoms with Crippen LogP contribution in [-0.2, 0) is 15.0 Å². The van der Waals surface area contributed by atoms with E-state index in [0.717, 1.165) is 37.7 Å². The van der Waals surface area contributed by atoms with Gasteiger partial charge in [0.15, 0.2) is 0 Å². The van der Waals surface area contributed by atoms with Crippen LogP contribution in [0.1, 0.15) is 62.0 Å². The predicted octanol–water partition coefficient (Wildman–Crippen LogP) is 5.79. The number of thioether (sulfide) groups is 1. The molecule has 2 saturated carbocycles. The molecule has 1 saturated heterocycles. The summed E-state index contributed by atoms with van der Waals surface area (Å²) < 4.78 is 15.8. The van der Waals surface area contributed by atoms with Gasteiger partial charge in [0.2, 0.25) is 11.8 Å². The fourth-order valence-electron chi connectivity index (χ4n) is 7.38. The summed E-state index contributed by atoms with van der Waals surface area (Å²) in [5.41, 5.74) is -0.225. The molecule has 2 aromatic rings. The average molecular weight is 563 g/mol. The molecule has 3 N–H and O–H groups in total. The van der Waals surface area contributed by atoms with Crippen molar-refractivity contribution in [2.24, 2.45) is 0 Å². The lowest BCUT2D eigenvalue weighted by Crippen LogP contribution is -2.60. The van der Waals surface area contributed by atoms with Crippen LogP contribution in [0.4, 0.5) is 10.1 Å². The monoisotopic (exact) mass is 561 g/mol. The van der Waals surface area contributed by atoms with Crippen LogP contribution in [0.3, 0.4) is 0 Å². The van der Waals surface area contributed by atoms with E-state index in [1.807, 2.05) is 17.8 Å². The number of rotatable bonds is 4. The van der Waals surface area contributed by atoms with Crippen LogP contribution >= 0.6 is 35.0 Å². The minimum atomic E-state index is -1.19. The van der Waals surface area contributed by atoms with Crippen molar-refractivity contribution in [1.29, 1.82) is 0 Å². The molecule has 0 unspecified atom stereocenters. The zero-order valence-corrected chi connectivity index (χ0v) is 22.9. The molecule has 0 bridgehead atoms. The molecule has 2 aliphatic heterocycles. The zero-order chi connectivity index (χ0) is 25.9. The van der Waals surface area contributed by atoms with Gasteiger partial charge >= 0.3 is 0 Å². The first-order valence-corrected chi connectivity index (χ1v) is 15.0. The molecule has 3 fully saturated rings. The van der Waals surface area contributed by atoms with Gasteiger partial charge in [-0.15, -0.1) is 0 Å². The smallest absolute Gasteiger partial charge is 0.238 e. The minimum absolute atomic E-state index is 0.0204. The van der Waals surface area contributed by atoms with Crippen LogP contribution in [0.25, 0.3) is 0 Å². The minimum Gasteiger partial charge on any atom is -0.352 e. The van der Waals surface area contributed by atoms with Crippen molar-refractivity contribution in [1.82, 2.24) is 10.6 Å². The fourth-order valence-corrected chi connectivity index (χ4v) is 8.59. The number of amides is 2. The molecule has 37 heavy (non-hydrogen) atoms. The number of anilines is 1. The summed E-state index contributed by atoms with van der Waals surface area (Å²) in [5.74, 6) is -1.78. The van der Waals surface area contributed by atoms with E-state index in [1.165, 1.54) is 6.07 Å². The Labute approximate surface area is 230 Å². The Bertz CT molecular complexity index is 1260. The normalized spacial score (nSPS) is 31.7. The SMILES string of the molecule is CSC1CC(NC(=O)[C@@H]2NC3(CCCCC3)[C@@]3(C(=O)Nc4cc(Cl)ccc43)[C@H]2c2cccc(Cl)c2F)C1. The first-order chi connectivity index (χ1) is 17.8. The number of benzene rings is 2. The summed E-state index contributed by atoms with van der Waals surface area (Å²) in [5, 5.41) is 11.0. The van der Waals surface area contributed by atoms with Crippen LogP contribution < -0.4 is 16.0 Å². The van der Waals surface area contributed by atoms with Gasteiger partial charge < -0.3 is 10.6 Å². The number of hydrogen-bond donors (Lipinski definition) is 3. The number of halogens is 3. The maximum absolute atomic E-state index is 15.8. The summed E-state index contributed by atoms with van der Waals surface area (Å²) >= 11 is 14.4. The molecule has 9 heteroatoms. The van der Waals surface area contributed by atoms with Gasteiger partial charge in [-0.25, -0.2) is 4.39 Å². The van der Waals surface area contributed by atoms with E-state index >= 15 is 4.39 Å². The van der Waals surface area contributed by atoms with Crippen LogP contribution in [0.15, 0.2) is 36.4 Å². The molecule has 2 heterocycles. The van der Waals surface area contributed by atoms with Crippen LogP contribution in [0, 0.1) is 5.82 Å². The molecule has 2 aliphatic carbocycles. The Morgan fingerprint density at radius 2 is 1.89 bits per heavy atom. The molecular weight excluding hydrogens is 532 g/mol. The molecule has 4 aliphatic rings. The summed E-state index contributed by atoms with van der Waals surface area (Å²) in [7, 11) is 0. The molecule has 2 spiro atoms. The highest BCUT2D eigenvalue weighted by molar-refractivity contribution is 7.99. The Kier molecular flexibility index (Phi) is 6.50. The van der Waals surface area contributed by atoms with Crippen LogP contribution in [0.2, 0.25) is 10.0 Å². The first-order valence-electron chi connectivity index (χ1n) is 13.0. The number of nitrogens with one attached hydrogen (secondary N) is 3. The highest BCUT2D eigenvalue weighted by Gasteiger charge is 2.72. The first kappa shape index (κ1) is 25.5. The molecule has 0 aromatic heterocycles. The van der Waals surface area contributed by atoms with E-state index in [4.69, 9.17) is 23.2 Å². The van der Waals surface area contributed by atoms with E-state index in [1.54, 1.807) is 24.3 Å². The molecule has 2 amide bonds. The van der Waals surface area contributed by atoms with Crippen LogP contribution in [-0.4, -0.2) is 40.9 Å². The third-order valence-electron chi connectivity index (χ3n) is 9.08. The second-order valence-electron chi connectivity index (χ2n) is 10.9. The molecule has 3 atom stereocenters. The molecule has 2 aromatic carbocycles. The maximum Gasteiger partial charge on any atom is 0.238 e. The lowest BCUT2D eigenvalue weighted by molar-refractivity contribution is -0.125. The molecule has 0 radical (unpaired) electrons. The van der Waals surface area contributed by atoms with Gasteiger partial charge in [-0.2, -0.15) is 11.8 Å². The Morgan fingerprint density at radius 3 is 2.62 bits per heavy atom. The number of carbonyl (C=O) groups excluding carboxylic acids is 2. The van der Waals surface area contributed by atoms with Gasteiger partial charge in [0.05, 0.1) is 11.1 Å². The summed E-state index contributed by atoms with van der Waals surface area (Å²) in [6.07, 6.45) is 8.22. The average Bonchev–Trinajstić information content (AvgIpc) is 3.30. The van der Waals surface area contributed by atoms with E-state index in [0.29, 0.717) is 28.8 Å². The summed E-state index contributed by atoms with van der Waals surface area (Å²) in [4.78, 5) is 28.2. The Balaban J connectivity index is 1.54. The van der Waals surface area contributed by atoms with E-state index in [2.05, 4.69) is 22.2 Å².